The highest BCUT2D eigenvalue weighted by molar-refractivity contribution is 7.98. The van der Waals surface area contributed by atoms with Gasteiger partial charge in [-0.15, -0.1) is 11.3 Å². The third-order valence-electron chi connectivity index (χ3n) is 6.12. The molecule has 0 radical (unpaired) electrons. The molecule has 1 aliphatic carbocycles. The van der Waals surface area contributed by atoms with Crippen LogP contribution in [0.5, 0.6) is 5.75 Å². The molecule has 0 bridgehead atoms. The van der Waals surface area contributed by atoms with E-state index in [2.05, 4.69) is 6.07 Å². The van der Waals surface area contributed by atoms with E-state index in [1.54, 1.807) is 11.3 Å². The fraction of sp³-hybridized carbons (Fsp3) is 0.250. The van der Waals surface area contributed by atoms with Crippen molar-refractivity contribution in [1.29, 1.82) is 5.26 Å². The molecule has 2 heterocycles. The second-order valence-corrected chi connectivity index (χ2v) is 10.8. The van der Waals surface area contributed by atoms with E-state index < -0.39 is 6.10 Å². The van der Waals surface area contributed by atoms with Gasteiger partial charge < -0.3 is 14.9 Å². The zero-order valence-corrected chi connectivity index (χ0v) is 22.2. The molecule has 37 heavy (non-hydrogen) atoms. The van der Waals surface area contributed by atoms with Crippen molar-refractivity contribution in [2.75, 3.05) is 13.2 Å². The van der Waals surface area contributed by atoms with Crippen LogP contribution < -0.4 is 4.74 Å². The number of pyridine rings is 1. The SMILES string of the molecule is N#Cc1c(SCc2csc(-c3ccc(Cl)cc3)n2)nc2c(c1-c1ccc(OCCO)cc1)C(O)CCC2. The third kappa shape index (κ3) is 5.66. The van der Waals surface area contributed by atoms with Crippen LogP contribution in [0.4, 0.5) is 0 Å². The number of aliphatic hydroxyl groups excluding tert-OH is 2. The monoisotopic (exact) mass is 549 g/mol. The fourth-order valence-electron chi connectivity index (χ4n) is 4.41. The number of aromatic nitrogens is 2. The Hall–Kier alpha value is -2.93. The number of fused-ring (bicyclic) bond motifs is 1. The number of nitriles is 1. The number of hydrogen-bond donors (Lipinski definition) is 2. The minimum absolute atomic E-state index is 0.0643. The number of halogens is 1. The molecule has 0 fully saturated rings. The summed E-state index contributed by atoms with van der Waals surface area (Å²) >= 11 is 9.07. The Bertz CT molecular complexity index is 1430. The maximum Gasteiger partial charge on any atom is 0.123 e. The molecule has 9 heteroatoms. The van der Waals surface area contributed by atoms with Crippen molar-refractivity contribution in [3.05, 3.63) is 81.4 Å². The van der Waals surface area contributed by atoms with Gasteiger partial charge in [0.25, 0.3) is 0 Å². The lowest BCUT2D eigenvalue weighted by Crippen LogP contribution is -2.15. The molecule has 5 rings (SSSR count). The van der Waals surface area contributed by atoms with E-state index >= 15 is 0 Å². The molecule has 6 nitrogen and oxygen atoms in total. The van der Waals surface area contributed by atoms with Crippen molar-refractivity contribution >= 4 is 34.7 Å². The number of hydrogen-bond acceptors (Lipinski definition) is 8. The van der Waals surface area contributed by atoms with Gasteiger partial charge in [0, 0.05) is 38.5 Å². The van der Waals surface area contributed by atoms with Crippen LogP contribution >= 0.6 is 34.7 Å². The molecular formula is C28H24ClN3O3S2. The second kappa shape index (κ2) is 11.6. The normalized spacial score (nSPS) is 14.7. The Balaban J connectivity index is 1.47. The number of thioether (sulfide) groups is 1. The van der Waals surface area contributed by atoms with Gasteiger partial charge in [-0.05, 0) is 49.1 Å². The maximum atomic E-state index is 10.9. The Morgan fingerprint density at radius 2 is 1.86 bits per heavy atom. The second-order valence-electron chi connectivity index (χ2n) is 8.58. The first kappa shape index (κ1) is 25.7. The van der Waals surface area contributed by atoms with Gasteiger partial charge in [0.15, 0.2) is 0 Å². The van der Waals surface area contributed by atoms with Gasteiger partial charge in [0.1, 0.15) is 28.5 Å². The van der Waals surface area contributed by atoms with Crippen molar-refractivity contribution < 1.29 is 14.9 Å². The highest BCUT2D eigenvalue weighted by Crippen LogP contribution is 2.42. The molecule has 0 spiro atoms. The number of thiazole rings is 1. The standard InChI is InChI=1S/C28H24ClN3O3S2/c29-19-8-4-18(5-9-19)27-31-20(15-36-27)16-37-28-22(14-30)25(26-23(32-28)2-1-3-24(26)34)17-6-10-21(11-7-17)35-13-12-33/h4-11,15,24,33-34H,1-3,12-13,16H2. The van der Waals surface area contributed by atoms with E-state index in [9.17, 15) is 10.4 Å². The van der Waals surface area contributed by atoms with E-state index in [0.717, 1.165) is 51.5 Å². The Labute approximate surface area is 228 Å². The van der Waals surface area contributed by atoms with Crippen LogP contribution in [0.25, 0.3) is 21.7 Å². The summed E-state index contributed by atoms with van der Waals surface area (Å²) in [5.74, 6) is 1.20. The predicted molar refractivity (Wildman–Crippen MR) is 147 cm³/mol. The number of aryl methyl sites for hydroxylation is 1. The molecule has 0 saturated heterocycles. The number of benzene rings is 2. The smallest absolute Gasteiger partial charge is 0.123 e. The fourth-order valence-corrected chi connectivity index (χ4v) is 6.37. The summed E-state index contributed by atoms with van der Waals surface area (Å²) in [4.78, 5) is 9.62. The van der Waals surface area contributed by atoms with Crippen molar-refractivity contribution in [1.82, 2.24) is 9.97 Å². The van der Waals surface area contributed by atoms with Crippen molar-refractivity contribution in [2.24, 2.45) is 0 Å². The summed E-state index contributed by atoms with van der Waals surface area (Å²) in [6, 6.07) is 17.4. The van der Waals surface area contributed by atoms with Gasteiger partial charge in [-0.1, -0.05) is 47.6 Å². The summed E-state index contributed by atoms with van der Waals surface area (Å²) in [7, 11) is 0. The molecule has 0 saturated carbocycles. The number of aliphatic hydroxyl groups is 2. The van der Waals surface area contributed by atoms with Gasteiger partial charge in [-0.3, -0.25) is 0 Å². The van der Waals surface area contributed by atoms with Crippen molar-refractivity contribution in [2.45, 2.75) is 36.1 Å². The largest absolute Gasteiger partial charge is 0.491 e. The lowest BCUT2D eigenvalue weighted by atomic mass is 9.85. The Kier molecular flexibility index (Phi) is 8.08. The molecule has 188 valence electrons. The zero-order chi connectivity index (χ0) is 25.8. The maximum absolute atomic E-state index is 10.9. The highest BCUT2D eigenvalue weighted by atomic mass is 35.5. The van der Waals surface area contributed by atoms with Crippen LogP contribution in [0, 0.1) is 11.3 Å². The number of nitrogens with zero attached hydrogens (tertiary/aromatic N) is 3. The number of rotatable bonds is 8. The lowest BCUT2D eigenvalue weighted by Gasteiger charge is -2.26. The molecular weight excluding hydrogens is 526 g/mol. The summed E-state index contributed by atoms with van der Waals surface area (Å²) < 4.78 is 5.49. The summed E-state index contributed by atoms with van der Waals surface area (Å²) in [6.07, 6.45) is 1.58. The van der Waals surface area contributed by atoms with Gasteiger partial charge in [-0.2, -0.15) is 5.26 Å². The van der Waals surface area contributed by atoms with Crippen molar-refractivity contribution in [3.8, 4) is 33.5 Å². The molecule has 1 aliphatic rings. The third-order valence-corrected chi connectivity index (χ3v) is 8.32. The summed E-state index contributed by atoms with van der Waals surface area (Å²) in [5, 5.41) is 34.4. The summed E-state index contributed by atoms with van der Waals surface area (Å²) in [5.41, 5.74) is 5.53. The van der Waals surface area contributed by atoms with E-state index in [-0.39, 0.29) is 13.2 Å². The first-order valence-electron chi connectivity index (χ1n) is 11.9. The van der Waals surface area contributed by atoms with Gasteiger partial charge >= 0.3 is 0 Å². The van der Waals surface area contributed by atoms with Gasteiger partial charge in [0.05, 0.1) is 24.0 Å². The van der Waals surface area contributed by atoms with Crippen molar-refractivity contribution in [3.63, 3.8) is 0 Å². The molecule has 0 aliphatic heterocycles. The first-order valence-corrected chi connectivity index (χ1v) is 14.1. The Morgan fingerprint density at radius 3 is 2.59 bits per heavy atom. The van der Waals surface area contributed by atoms with Crippen LogP contribution in [0.2, 0.25) is 5.02 Å². The highest BCUT2D eigenvalue weighted by Gasteiger charge is 2.28. The Morgan fingerprint density at radius 1 is 1.11 bits per heavy atom. The van der Waals surface area contributed by atoms with Crippen LogP contribution in [0.1, 0.15) is 41.5 Å². The van der Waals surface area contributed by atoms with Crippen LogP contribution in [0.3, 0.4) is 0 Å². The molecule has 4 aromatic rings. The molecule has 2 aromatic heterocycles. The van der Waals surface area contributed by atoms with Gasteiger partial charge in [-0.25, -0.2) is 9.97 Å². The number of ether oxygens (including phenoxy) is 1. The zero-order valence-electron chi connectivity index (χ0n) is 19.9. The van der Waals surface area contributed by atoms with E-state index in [4.69, 9.17) is 31.4 Å². The molecule has 1 atom stereocenters. The average molecular weight is 550 g/mol. The molecule has 1 unspecified atom stereocenters. The first-order chi connectivity index (χ1) is 18.1. The minimum atomic E-state index is -0.664. The molecule has 2 N–H and O–H groups in total. The topological polar surface area (TPSA) is 99.3 Å². The lowest BCUT2D eigenvalue weighted by molar-refractivity contribution is 0.156. The van der Waals surface area contributed by atoms with Crippen LogP contribution in [-0.4, -0.2) is 33.4 Å². The molecule has 2 aromatic carbocycles. The van der Waals surface area contributed by atoms with Gasteiger partial charge in [0.2, 0.25) is 0 Å². The molecule has 0 amide bonds. The predicted octanol–water partition coefficient (Wildman–Crippen LogP) is 6.43. The van der Waals surface area contributed by atoms with Crippen LogP contribution in [-0.2, 0) is 12.2 Å². The quantitative estimate of drug-likeness (QED) is 0.244. The van der Waals surface area contributed by atoms with E-state index in [1.165, 1.54) is 11.8 Å². The van der Waals surface area contributed by atoms with E-state index in [0.29, 0.717) is 33.5 Å². The van der Waals surface area contributed by atoms with E-state index in [1.807, 2.05) is 53.9 Å². The van der Waals surface area contributed by atoms with Crippen LogP contribution in [0.15, 0.2) is 58.9 Å². The minimum Gasteiger partial charge on any atom is -0.491 e. The summed E-state index contributed by atoms with van der Waals surface area (Å²) in [6.45, 7) is 0.147. The average Bonchev–Trinajstić information content (AvgIpc) is 3.40.